The maximum Gasteiger partial charge on any atom is 0.303 e. The summed E-state index contributed by atoms with van der Waals surface area (Å²) in [5.74, 6) is -0.386. The van der Waals surface area contributed by atoms with Crippen LogP contribution >= 0.6 is 0 Å². The van der Waals surface area contributed by atoms with Gasteiger partial charge in [-0.05, 0) is 24.6 Å². The van der Waals surface area contributed by atoms with E-state index in [1.807, 2.05) is 13.8 Å². The van der Waals surface area contributed by atoms with Crippen molar-refractivity contribution in [3.05, 3.63) is 29.8 Å². The highest BCUT2D eigenvalue weighted by Gasteiger charge is 2.11. The lowest BCUT2D eigenvalue weighted by molar-refractivity contribution is -0.145. The van der Waals surface area contributed by atoms with Gasteiger partial charge in [-0.2, -0.15) is 0 Å². The largest absolute Gasteiger partial charge is 0.458 e. The molecule has 1 atom stereocenters. The number of nitrogens with two attached hydrogens (primary N) is 1. The summed E-state index contributed by atoms with van der Waals surface area (Å²) in [5, 5.41) is 4.95. The van der Waals surface area contributed by atoms with Crippen molar-refractivity contribution < 1.29 is 17.9 Å². The quantitative estimate of drug-likeness (QED) is 0.853. The van der Waals surface area contributed by atoms with Crippen molar-refractivity contribution in [2.75, 3.05) is 0 Å². The average Bonchev–Trinajstić information content (AvgIpc) is 2.30. The van der Waals surface area contributed by atoms with E-state index in [1.165, 1.54) is 19.1 Å². The molecule has 1 aromatic rings. The lowest BCUT2D eigenvalue weighted by Crippen LogP contribution is -2.12. The Morgan fingerprint density at radius 3 is 2.00 bits per heavy atom. The molecule has 6 heteroatoms. The first-order valence-electron chi connectivity index (χ1n) is 5.60. The molecule has 2 N–H and O–H groups in total. The summed E-state index contributed by atoms with van der Waals surface area (Å²) >= 11 is 0. The van der Waals surface area contributed by atoms with Gasteiger partial charge in [0.25, 0.3) is 0 Å². The minimum Gasteiger partial charge on any atom is -0.458 e. The molecule has 0 fully saturated rings. The Balaban J connectivity index is 0.00000137. The zero-order chi connectivity index (χ0) is 14.3. The molecular weight excluding hydrogens is 254 g/mol. The fourth-order valence-corrected chi connectivity index (χ4v) is 1.76. The molecule has 0 aliphatic rings. The number of primary sulfonamides is 1. The molecule has 0 bridgehead atoms. The van der Waals surface area contributed by atoms with E-state index in [4.69, 9.17) is 9.88 Å². The van der Waals surface area contributed by atoms with E-state index >= 15 is 0 Å². The van der Waals surface area contributed by atoms with Crippen LogP contribution < -0.4 is 5.14 Å². The third-order valence-electron chi connectivity index (χ3n) is 2.02. The molecule has 0 aliphatic heterocycles. The molecule has 0 amide bonds. The minimum atomic E-state index is -3.68. The van der Waals surface area contributed by atoms with Crippen molar-refractivity contribution in [1.82, 2.24) is 0 Å². The first-order valence-corrected chi connectivity index (χ1v) is 7.15. The lowest BCUT2D eigenvalue weighted by atomic mass is 10.1. The first-order chi connectivity index (χ1) is 8.30. The predicted octanol–water partition coefficient (Wildman–Crippen LogP) is 1.98. The number of ether oxygens (including phenoxy) is 1. The third-order valence-corrected chi connectivity index (χ3v) is 2.95. The van der Waals surface area contributed by atoms with Gasteiger partial charge in [0.15, 0.2) is 0 Å². The molecule has 102 valence electrons. The molecule has 0 aliphatic carbocycles. The molecule has 1 unspecified atom stereocenters. The summed E-state index contributed by atoms with van der Waals surface area (Å²) in [6.07, 6.45) is -0.410. The summed E-state index contributed by atoms with van der Waals surface area (Å²) in [6.45, 7) is 7.02. The van der Waals surface area contributed by atoms with Gasteiger partial charge >= 0.3 is 5.97 Å². The number of hydrogen-bond donors (Lipinski definition) is 1. The molecule has 18 heavy (non-hydrogen) atoms. The Hall–Kier alpha value is -1.40. The van der Waals surface area contributed by atoms with Gasteiger partial charge in [-0.15, -0.1) is 0 Å². The van der Waals surface area contributed by atoms with Crippen molar-refractivity contribution in [1.29, 1.82) is 0 Å². The highest BCUT2D eigenvalue weighted by molar-refractivity contribution is 7.89. The Labute approximate surface area is 108 Å². The van der Waals surface area contributed by atoms with Crippen LogP contribution in [0.15, 0.2) is 29.2 Å². The van der Waals surface area contributed by atoms with Crippen LogP contribution in [0.2, 0.25) is 0 Å². The van der Waals surface area contributed by atoms with Crippen molar-refractivity contribution in [3.63, 3.8) is 0 Å². The smallest absolute Gasteiger partial charge is 0.303 e. The number of benzene rings is 1. The van der Waals surface area contributed by atoms with E-state index in [0.29, 0.717) is 5.56 Å². The van der Waals surface area contributed by atoms with Crippen LogP contribution in [0.25, 0.3) is 0 Å². The van der Waals surface area contributed by atoms with E-state index in [9.17, 15) is 13.2 Å². The monoisotopic (exact) mass is 273 g/mol. The van der Waals surface area contributed by atoms with Crippen molar-refractivity contribution in [2.24, 2.45) is 5.14 Å². The SMILES string of the molecule is CC.CC(=O)OC(C)c1ccc(S(N)(=O)=O)cc1. The summed E-state index contributed by atoms with van der Waals surface area (Å²) in [4.78, 5) is 10.7. The second-order valence-electron chi connectivity index (χ2n) is 3.37. The summed E-state index contributed by atoms with van der Waals surface area (Å²) in [5.41, 5.74) is 0.711. The maximum absolute atomic E-state index is 11.0. The van der Waals surface area contributed by atoms with Crippen LogP contribution in [-0.4, -0.2) is 14.4 Å². The number of carbonyl (C=O) groups excluding carboxylic acids is 1. The normalized spacial score (nSPS) is 12.1. The van der Waals surface area contributed by atoms with Crippen LogP contribution in [-0.2, 0) is 19.6 Å². The fourth-order valence-electron chi connectivity index (χ4n) is 1.25. The second kappa shape index (κ2) is 7.13. The summed E-state index contributed by atoms with van der Waals surface area (Å²) < 4.78 is 26.9. The highest BCUT2D eigenvalue weighted by Crippen LogP contribution is 2.18. The van der Waals surface area contributed by atoms with Gasteiger partial charge < -0.3 is 4.74 Å². The highest BCUT2D eigenvalue weighted by atomic mass is 32.2. The fraction of sp³-hybridized carbons (Fsp3) is 0.417. The molecule has 5 nitrogen and oxygen atoms in total. The summed E-state index contributed by atoms with van der Waals surface area (Å²) in [7, 11) is -3.68. The van der Waals surface area contributed by atoms with Crippen molar-refractivity contribution in [2.45, 2.75) is 38.7 Å². The van der Waals surface area contributed by atoms with Gasteiger partial charge in [-0.25, -0.2) is 13.6 Å². The van der Waals surface area contributed by atoms with E-state index in [0.717, 1.165) is 0 Å². The molecule has 1 aromatic carbocycles. The number of rotatable bonds is 3. The number of hydrogen-bond acceptors (Lipinski definition) is 4. The Morgan fingerprint density at radius 1 is 1.22 bits per heavy atom. The van der Waals surface area contributed by atoms with Gasteiger partial charge in [-0.1, -0.05) is 26.0 Å². The van der Waals surface area contributed by atoms with Crippen LogP contribution in [0.5, 0.6) is 0 Å². The Kier molecular flexibility index (Phi) is 6.57. The Morgan fingerprint density at radius 2 is 1.67 bits per heavy atom. The molecule has 0 heterocycles. The van der Waals surface area contributed by atoms with Crippen molar-refractivity contribution >= 4 is 16.0 Å². The molecule has 1 rings (SSSR count). The number of carbonyl (C=O) groups is 1. The number of esters is 1. The van der Waals surface area contributed by atoms with Crippen LogP contribution in [0.1, 0.15) is 39.4 Å². The summed E-state index contributed by atoms with van der Waals surface area (Å²) in [6, 6.07) is 5.88. The van der Waals surface area contributed by atoms with Gasteiger partial charge in [0.05, 0.1) is 4.90 Å². The molecular formula is C12H19NO4S. The average molecular weight is 273 g/mol. The molecule has 0 spiro atoms. The van der Waals surface area contributed by atoms with Gasteiger partial charge in [-0.3, -0.25) is 4.79 Å². The Bertz CT molecular complexity index is 479. The van der Waals surface area contributed by atoms with E-state index in [1.54, 1.807) is 19.1 Å². The zero-order valence-corrected chi connectivity index (χ0v) is 11.8. The molecule has 0 aromatic heterocycles. The van der Waals surface area contributed by atoms with Gasteiger partial charge in [0.2, 0.25) is 10.0 Å². The number of sulfonamides is 1. The van der Waals surface area contributed by atoms with E-state index in [2.05, 4.69) is 0 Å². The zero-order valence-electron chi connectivity index (χ0n) is 11.0. The van der Waals surface area contributed by atoms with Crippen LogP contribution in [0, 0.1) is 0 Å². The standard InChI is InChI=1S/C10H13NO4S.C2H6/c1-7(15-8(2)12)9-3-5-10(6-4-9)16(11,13)14;1-2/h3-7H,1-2H3,(H2,11,13,14);1-2H3. The molecule has 0 radical (unpaired) electrons. The van der Waals surface area contributed by atoms with Crippen molar-refractivity contribution in [3.8, 4) is 0 Å². The second-order valence-corrected chi connectivity index (χ2v) is 4.93. The third kappa shape index (κ3) is 5.29. The molecule has 0 saturated carbocycles. The maximum atomic E-state index is 11.0. The van der Waals surface area contributed by atoms with Gasteiger partial charge in [0.1, 0.15) is 6.10 Å². The molecule has 0 saturated heterocycles. The predicted molar refractivity (Wildman–Crippen MR) is 69.3 cm³/mol. The van der Waals surface area contributed by atoms with Crippen LogP contribution in [0.4, 0.5) is 0 Å². The van der Waals surface area contributed by atoms with E-state index in [-0.39, 0.29) is 10.9 Å². The lowest BCUT2D eigenvalue weighted by Gasteiger charge is -2.12. The first kappa shape index (κ1) is 16.6. The van der Waals surface area contributed by atoms with Crippen LogP contribution in [0.3, 0.4) is 0 Å². The van der Waals surface area contributed by atoms with E-state index < -0.39 is 16.1 Å². The minimum absolute atomic E-state index is 0.0336. The topological polar surface area (TPSA) is 86.5 Å². The van der Waals surface area contributed by atoms with Gasteiger partial charge in [0, 0.05) is 6.92 Å².